The van der Waals surface area contributed by atoms with Gasteiger partial charge >= 0.3 is 0 Å². The number of benzene rings is 1. The van der Waals surface area contributed by atoms with E-state index in [4.69, 9.17) is 0 Å². The van der Waals surface area contributed by atoms with Gasteiger partial charge in [-0.3, -0.25) is 9.69 Å². The summed E-state index contributed by atoms with van der Waals surface area (Å²) < 4.78 is 0. The third kappa shape index (κ3) is 5.67. The fourth-order valence-corrected chi connectivity index (χ4v) is 3.03. The van der Waals surface area contributed by atoms with Crippen molar-refractivity contribution in [1.82, 2.24) is 9.88 Å². The van der Waals surface area contributed by atoms with Crippen LogP contribution in [0.1, 0.15) is 26.3 Å². The Morgan fingerprint density at radius 1 is 1.07 bits per heavy atom. The second-order valence-corrected chi connectivity index (χ2v) is 8.21. The van der Waals surface area contributed by atoms with Gasteiger partial charge in [-0.05, 0) is 17.7 Å². The molecule has 0 atom stereocenters. The number of carbonyl (C=O) groups is 1. The Bertz CT molecular complexity index is 786. The van der Waals surface area contributed by atoms with Crippen LogP contribution in [-0.4, -0.2) is 48.5 Å². The summed E-state index contributed by atoms with van der Waals surface area (Å²) in [6.07, 6.45) is 6.16. The van der Waals surface area contributed by atoms with E-state index < -0.39 is 5.41 Å². The highest BCUT2D eigenvalue weighted by Crippen LogP contribution is 2.19. The summed E-state index contributed by atoms with van der Waals surface area (Å²) in [4.78, 5) is 21.4. The van der Waals surface area contributed by atoms with Crippen molar-refractivity contribution in [2.75, 3.05) is 42.9 Å². The lowest BCUT2D eigenvalue weighted by Gasteiger charge is -2.34. The van der Waals surface area contributed by atoms with E-state index in [0.717, 1.165) is 44.2 Å². The number of nitrogens with one attached hydrogen (secondary N) is 1. The van der Waals surface area contributed by atoms with Gasteiger partial charge in [-0.1, -0.05) is 63.3 Å². The van der Waals surface area contributed by atoms with Crippen molar-refractivity contribution in [3.05, 3.63) is 60.3 Å². The van der Waals surface area contributed by atoms with Crippen molar-refractivity contribution < 1.29 is 4.79 Å². The fraction of sp³-hybridized carbons (Fsp3) is 0.391. The number of anilines is 2. The molecule has 0 unspecified atom stereocenters. The molecular weight excluding hydrogens is 348 g/mol. The van der Waals surface area contributed by atoms with Gasteiger partial charge in [0, 0.05) is 38.1 Å². The smallest absolute Gasteiger partial charge is 0.229 e. The van der Waals surface area contributed by atoms with Crippen LogP contribution in [0.15, 0.2) is 54.7 Å². The largest absolute Gasteiger partial charge is 0.354 e. The second-order valence-electron chi connectivity index (χ2n) is 8.21. The van der Waals surface area contributed by atoms with E-state index in [1.807, 2.05) is 39.0 Å². The van der Waals surface area contributed by atoms with Crippen molar-refractivity contribution in [2.24, 2.45) is 5.41 Å². The summed E-state index contributed by atoms with van der Waals surface area (Å²) in [7, 11) is 0. The van der Waals surface area contributed by atoms with Gasteiger partial charge in [-0.15, -0.1) is 0 Å². The zero-order valence-corrected chi connectivity index (χ0v) is 17.1. The van der Waals surface area contributed by atoms with E-state index in [2.05, 4.69) is 56.5 Å². The average molecular weight is 379 g/mol. The minimum absolute atomic E-state index is 0.000721. The first-order valence-corrected chi connectivity index (χ1v) is 9.88. The predicted molar refractivity (Wildman–Crippen MR) is 116 cm³/mol. The van der Waals surface area contributed by atoms with Gasteiger partial charge in [0.2, 0.25) is 5.91 Å². The maximum Gasteiger partial charge on any atom is 0.229 e. The Kier molecular flexibility index (Phi) is 6.47. The van der Waals surface area contributed by atoms with Crippen molar-refractivity contribution in [1.29, 1.82) is 0 Å². The molecule has 1 aliphatic rings. The van der Waals surface area contributed by atoms with Crippen LogP contribution in [0.3, 0.4) is 0 Å². The molecule has 3 rings (SSSR count). The molecule has 1 fully saturated rings. The van der Waals surface area contributed by atoms with E-state index in [0.29, 0.717) is 0 Å². The highest BCUT2D eigenvalue weighted by Gasteiger charge is 2.21. The van der Waals surface area contributed by atoms with Crippen molar-refractivity contribution in [3.63, 3.8) is 0 Å². The summed E-state index contributed by atoms with van der Waals surface area (Å²) in [5, 5.41) is 2.92. The van der Waals surface area contributed by atoms with Gasteiger partial charge < -0.3 is 10.2 Å². The van der Waals surface area contributed by atoms with E-state index in [1.165, 1.54) is 5.56 Å². The summed E-state index contributed by atoms with van der Waals surface area (Å²) in [6.45, 7) is 10.6. The Labute approximate surface area is 168 Å². The SMILES string of the molecule is CC(C)(C)C(=O)Nc1ccc(N2CCN(C/C=C/c3ccccc3)CC2)nc1. The Morgan fingerprint density at radius 3 is 2.39 bits per heavy atom. The standard InChI is InChI=1S/C23H30N4O/c1-23(2,3)22(28)25-20-11-12-21(24-18-20)27-16-14-26(15-17-27)13-7-10-19-8-5-4-6-9-19/h4-12,18H,13-17H2,1-3H3,(H,25,28)/b10-7+. The van der Waals surface area contributed by atoms with Crippen LogP contribution in [0.25, 0.3) is 6.08 Å². The Hall–Kier alpha value is -2.66. The molecule has 148 valence electrons. The van der Waals surface area contributed by atoms with Crippen molar-refractivity contribution in [2.45, 2.75) is 20.8 Å². The first-order valence-electron chi connectivity index (χ1n) is 9.88. The van der Waals surface area contributed by atoms with E-state index >= 15 is 0 Å². The lowest BCUT2D eigenvalue weighted by Crippen LogP contribution is -2.46. The summed E-state index contributed by atoms with van der Waals surface area (Å²) in [5.41, 5.74) is 1.57. The molecule has 0 radical (unpaired) electrons. The third-order valence-electron chi connectivity index (χ3n) is 4.86. The minimum atomic E-state index is -0.413. The van der Waals surface area contributed by atoms with Crippen molar-refractivity contribution in [3.8, 4) is 0 Å². The van der Waals surface area contributed by atoms with Gasteiger partial charge in [-0.25, -0.2) is 4.98 Å². The zero-order chi connectivity index (χ0) is 20.0. The molecule has 0 spiro atoms. The molecule has 1 aliphatic heterocycles. The maximum atomic E-state index is 12.1. The van der Waals surface area contributed by atoms with E-state index in [-0.39, 0.29) is 5.91 Å². The van der Waals surface area contributed by atoms with Gasteiger partial charge in [0.1, 0.15) is 5.82 Å². The maximum absolute atomic E-state index is 12.1. The number of pyridine rings is 1. The quantitative estimate of drug-likeness (QED) is 0.857. The number of hydrogen-bond donors (Lipinski definition) is 1. The lowest BCUT2D eigenvalue weighted by molar-refractivity contribution is -0.123. The predicted octanol–water partition coefficient (Wildman–Crippen LogP) is 3.90. The first kappa shape index (κ1) is 20.1. The number of nitrogens with zero attached hydrogens (tertiary/aromatic N) is 3. The molecular formula is C23H30N4O. The second kappa shape index (κ2) is 9.02. The number of rotatable bonds is 5. The zero-order valence-electron chi connectivity index (χ0n) is 17.1. The van der Waals surface area contributed by atoms with E-state index in [1.54, 1.807) is 6.20 Å². The highest BCUT2D eigenvalue weighted by molar-refractivity contribution is 5.94. The van der Waals surface area contributed by atoms with Gasteiger partial charge in [0.05, 0.1) is 11.9 Å². The average Bonchev–Trinajstić information content (AvgIpc) is 2.69. The minimum Gasteiger partial charge on any atom is -0.354 e. The molecule has 1 aromatic carbocycles. The molecule has 1 aromatic heterocycles. The number of hydrogen-bond acceptors (Lipinski definition) is 4. The lowest BCUT2D eigenvalue weighted by atomic mass is 9.96. The number of carbonyl (C=O) groups excluding carboxylic acids is 1. The van der Waals surface area contributed by atoms with Crippen LogP contribution in [0.4, 0.5) is 11.5 Å². The molecule has 28 heavy (non-hydrogen) atoms. The highest BCUT2D eigenvalue weighted by atomic mass is 16.2. The van der Waals surface area contributed by atoms with Gasteiger partial charge in [0.15, 0.2) is 0 Å². The summed E-state index contributed by atoms with van der Waals surface area (Å²) in [5.74, 6) is 0.965. The molecule has 5 heteroatoms. The molecule has 1 N–H and O–H groups in total. The number of aromatic nitrogens is 1. The molecule has 0 aliphatic carbocycles. The fourth-order valence-electron chi connectivity index (χ4n) is 3.03. The number of amides is 1. The molecule has 0 bridgehead atoms. The van der Waals surface area contributed by atoms with Crippen LogP contribution in [-0.2, 0) is 4.79 Å². The summed E-state index contributed by atoms with van der Waals surface area (Å²) in [6, 6.07) is 14.3. The number of piperazine rings is 1. The topological polar surface area (TPSA) is 48.5 Å². The van der Waals surface area contributed by atoms with Gasteiger partial charge in [0.25, 0.3) is 0 Å². The normalized spacial score (nSPS) is 15.8. The van der Waals surface area contributed by atoms with Crippen LogP contribution in [0.5, 0.6) is 0 Å². The third-order valence-corrected chi connectivity index (χ3v) is 4.86. The monoisotopic (exact) mass is 378 g/mol. The molecule has 1 amide bonds. The summed E-state index contributed by atoms with van der Waals surface area (Å²) >= 11 is 0. The first-order chi connectivity index (χ1) is 13.4. The van der Waals surface area contributed by atoms with Crippen LogP contribution < -0.4 is 10.2 Å². The molecule has 0 saturated carbocycles. The van der Waals surface area contributed by atoms with Gasteiger partial charge in [-0.2, -0.15) is 0 Å². The van der Waals surface area contributed by atoms with Crippen LogP contribution >= 0.6 is 0 Å². The Balaban J connectivity index is 1.47. The molecule has 5 nitrogen and oxygen atoms in total. The molecule has 2 aromatic rings. The van der Waals surface area contributed by atoms with Crippen molar-refractivity contribution >= 4 is 23.5 Å². The molecule has 1 saturated heterocycles. The van der Waals surface area contributed by atoms with Crippen LogP contribution in [0, 0.1) is 5.41 Å². The Morgan fingerprint density at radius 2 is 1.79 bits per heavy atom. The van der Waals surface area contributed by atoms with E-state index in [9.17, 15) is 4.79 Å². The van der Waals surface area contributed by atoms with Crippen LogP contribution in [0.2, 0.25) is 0 Å². The molecule has 2 heterocycles.